The molecule has 4 rings (SSSR count). The van der Waals surface area contributed by atoms with Crippen molar-refractivity contribution in [3.63, 3.8) is 0 Å². The van der Waals surface area contributed by atoms with Crippen LogP contribution in [0.3, 0.4) is 0 Å². The molecule has 2 heterocycles. The molecule has 6 nitrogen and oxygen atoms in total. The van der Waals surface area contributed by atoms with E-state index in [2.05, 4.69) is 4.90 Å². The zero-order chi connectivity index (χ0) is 24.7. The van der Waals surface area contributed by atoms with Crippen LogP contribution < -0.4 is 4.74 Å². The van der Waals surface area contributed by atoms with Crippen LogP contribution in [0.15, 0.2) is 47.5 Å². The number of carboxylic acid groups (broad SMARTS) is 1. The van der Waals surface area contributed by atoms with Gasteiger partial charge in [0.25, 0.3) is 0 Å². The Morgan fingerprint density at radius 2 is 1.79 bits per heavy atom. The van der Waals surface area contributed by atoms with Crippen molar-refractivity contribution in [1.82, 2.24) is 9.80 Å². The monoisotopic (exact) mass is 475 g/mol. The van der Waals surface area contributed by atoms with Crippen LogP contribution >= 0.6 is 0 Å². The molecule has 1 fully saturated rings. The number of hydrogen-bond acceptors (Lipinski definition) is 4. The number of nitrogens with zero attached hydrogens (tertiary/aromatic N) is 3. The highest BCUT2D eigenvalue weighted by Gasteiger charge is 2.38. The van der Waals surface area contributed by atoms with Gasteiger partial charge < -0.3 is 14.7 Å². The number of halogens is 3. The van der Waals surface area contributed by atoms with Crippen LogP contribution in [0.1, 0.15) is 38.3 Å². The molecule has 0 aromatic heterocycles. The van der Waals surface area contributed by atoms with Gasteiger partial charge in [0, 0.05) is 18.6 Å². The van der Waals surface area contributed by atoms with Gasteiger partial charge >= 0.3 is 12.3 Å². The first-order valence-electron chi connectivity index (χ1n) is 11.2. The van der Waals surface area contributed by atoms with E-state index in [9.17, 15) is 23.1 Å². The molecule has 182 valence electrons. The molecule has 0 unspecified atom stereocenters. The third-order valence-corrected chi connectivity index (χ3v) is 6.13. The number of likely N-dealkylation sites (tertiary alicyclic amines) is 1. The molecule has 9 heteroatoms. The van der Waals surface area contributed by atoms with Gasteiger partial charge in [-0.05, 0) is 62.6 Å². The molecule has 0 aliphatic carbocycles. The quantitative estimate of drug-likeness (QED) is 0.635. The SMILES string of the molecule is CC(C)(C)N(C(=O)O)[C@@H]1CCN(C2=NCCOc3ccc(-c4ccc(C(F)(F)F)cc4)cc32)C1. The first kappa shape index (κ1) is 23.9. The van der Waals surface area contributed by atoms with Crippen molar-refractivity contribution in [3.05, 3.63) is 53.6 Å². The minimum Gasteiger partial charge on any atom is -0.491 e. The molecule has 1 N–H and O–H groups in total. The minimum atomic E-state index is -4.39. The second-order valence-corrected chi connectivity index (χ2v) is 9.55. The van der Waals surface area contributed by atoms with E-state index in [1.807, 2.05) is 39.0 Å². The maximum Gasteiger partial charge on any atom is 0.416 e. The highest BCUT2D eigenvalue weighted by atomic mass is 19.4. The van der Waals surface area contributed by atoms with E-state index >= 15 is 0 Å². The second-order valence-electron chi connectivity index (χ2n) is 9.55. The summed E-state index contributed by atoms with van der Waals surface area (Å²) in [5.74, 6) is 1.38. The topological polar surface area (TPSA) is 65.4 Å². The van der Waals surface area contributed by atoms with Gasteiger partial charge in [-0.25, -0.2) is 4.79 Å². The Morgan fingerprint density at radius 1 is 1.12 bits per heavy atom. The van der Waals surface area contributed by atoms with E-state index < -0.39 is 23.4 Å². The van der Waals surface area contributed by atoms with Crippen LogP contribution in [-0.2, 0) is 6.18 Å². The van der Waals surface area contributed by atoms with E-state index in [0.29, 0.717) is 44.0 Å². The molecule has 2 aromatic carbocycles. The normalized spacial score (nSPS) is 18.6. The maximum atomic E-state index is 13.0. The summed E-state index contributed by atoms with van der Waals surface area (Å²) in [6.07, 6.45) is -4.66. The third kappa shape index (κ3) is 4.83. The largest absolute Gasteiger partial charge is 0.491 e. The lowest BCUT2D eigenvalue weighted by Gasteiger charge is -2.38. The number of aliphatic imine (C=N–C) groups is 1. The van der Waals surface area contributed by atoms with E-state index in [0.717, 1.165) is 29.1 Å². The van der Waals surface area contributed by atoms with Gasteiger partial charge in [-0.3, -0.25) is 9.89 Å². The first-order chi connectivity index (χ1) is 15.9. The zero-order valence-corrected chi connectivity index (χ0v) is 19.4. The van der Waals surface area contributed by atoms with Gasteiger partial charge in [-0.2, -0.15) is 13.2 Å². The molecule has 1 atom stereocenters. The third-order valence-electron chi connectivity index (χ3n) is 6.13. The van der Waals surface area contributed by atoms with Crippen molar-refractivity contribution < 1.29 is 27.8 Å². The predicted octanol–water partition coefficient (Wildman–Crippen LogP) is 5.36. The molecule has 2 aliphatic heterocycles. The molecule has 0 saturated carbocycles. The number of hydrogen-bond donors (Lipinski definition) is 1. The van der Waals surface area contributed by atoms with Crippen molar-refractivity contribution in [3.8, 4) is 16.9 Å². The van der Waals surface area contributed by atoms with Crippen molar-refractivity contribution >= 4 is 11.9 Å². The Morgan fingerprint density at radius 3 is 2.41 bits per heavy atom. The average molecular weight is 476 g/mol. The van der Waals surface area contributed by atoms with Crippen molar-refractivity contribution in [2.24, 2.45) is 4.99 Å². The maximum absolute atomic E-state index is 13.0. The molecule has 1 amide bonds. The van der Waals surface area contributed by atoms with Crippen LogP contribution in [0.5, 0.6) is 5.75 Å². The average Bonchev–Trinajstić information content (AvgIpc) is 3.10. The summed E-state index contributed by atoms with van der Waals surface area (Å²) in [5, 5.41) is 9.79. The van der Waals surface area contributed by atoms with Gasteiger partial charge in [-0.15, -0.1) is 0 Å². The van der Waals surface area contributed by atoms with Gasteiger partial charge in [0.15, 0.2) is 0 Å². The number of amides is 1. The number of carbonyl (C=O) groups is 1. The van der Waals surface area contributed by atoms with E-state index in [-0.39, 0.29) is 6.04 Å². The predicted molar refractivity (Wildman–Crippen MR) is 123 cm³/mol. The highest BCUT2D eigenvalue weighted by molar-refractivity contribution is 6.02. The number of benzene rings is 2. The fraction of sp³-hybridized carbons (Fsp3) is 0.440. The van der Waals surface area contributed by atoms with Gasteiger partial charge in [0.05, 0.1) is 23.7 Å². The zero-order valence-electron chi connectivity index (χ0n) is 19.4. The Kier molecular flexibility index (Phi) is 6.22. The van der Waals surface area contributed by atoms with Crippen molar-refractivity contribution in [1.29, 1.82) is 0 Å². The van der Waals surface area contributed by atoms with Crippen LogP contribution in [0, 0.1) is 0 Å². The fourth-order valence-corrected chi connectivity index (χ4v) is 4.66. The summed E-state index contributed by atoms with van der Waals surface area (Å²) in [4.78, 5) is 20.3. The smallest absolute Gasteiger partial charge is 0.416 e. The Labute approximate surface area is 196 Å². The highest BCUT2D eigenvalue weighted by Crippen LogP contribution is 2.34. The van der Waals surface area contributed by atoms with Gasteiger partial charge in [0.2, 0.25) is 0 Å². The molecular weight excluding hydrogens is 447 g/mol. The van der Waals surface area contributed by atoms with Crippen molar-refractivity contribution in [2.75, 3.05) is 26.2 Å². The summed E-state index contributed by atoms with van der Waals surface area (Å²) in [6.45, 7) is 7.67. The van der Waals surface area contributed by atoms with E-state index in [1.165, 1.54) is 17.0 Å². The Bertz CT molecular complexity index is 1090. The first-order valence-corrected chi connectivity index (χ1v) is 11.2. The van der Waals surface area contributed by atoms with Crippen molar-refractivity contribution in [2.45, 2.75) is 44.9 Å². The molecule has 1 saturated heterocycles. The Balaban J connectivity index is 1.64. The van der Waals surface area contributed by atoms with Crippen LogP contribution in [0.25, 0.3) is 11.1 Å². The van der Waals surface area contributed by atoms with Crippen LogP contribution in [0.2, 0.25) is 0 Å². The van der Waals surface area contributed by atoms with Crippen LogP contribution in [0.4, 0.5) is 18.0 Å². The molecule has 34 heavy (non-hydrogen) atoms. The number of alkyl halides is 3. The lowest BCUT2D eigenvalue weighted by atomic mass is 10.00. The molecule has 2 aliphatic rings. The Hall–Kier alpha value is -3.23. The summed E-state index contributed by atoms with van der Waals surface area (Å²) >= 11 is 0. The number of rotatable bonds is 2. The lowest BCUT2D eigenvalue weighted by Crippen LogP contribution is -2.52. The standard InChI is InChI=1S/C25H28F3N3O3/c1-24(2,3)31(23(32)33)19-10-12-30(15-19)22-20-14-17(6-9-21(20)34-13-11-29-22)16-4-7-18(8-5-16)25(26,27)28/h4-9,14,19H,10-13,15H2,1-3H3,(H,32,33)/t19-/m1/s1. The summed E-state index contributed by atoms with van der Waals surface area (Å²) < 4.78 is 44.7. The summed E-state index contributed by atoms with van der Waals surface area (Å²) in [6, 6.07) is 10.4. The summed E-state index contributed by atoms with van der Waals surface area (Å²) in [7, 11) is 0. The molecule has 0 radical (unpaired) electrons. The number of amidine groups is 1. The van der Waals surface area contributed by atoms with E-state index in [1.54, 1.807) is 0 Å². The number of ether oxygens (including phenoxy) is 1. The van der Waals surface area contributed by atoms with E-state index in [4.69, 9.17) is 9.73 Å². The molecular formula is C25H28F3N3O3. The number of fused-ring (bicyclic) bond motifs is 1. The second kappa shape index (κ2) is 8.85. The summed E-state index contributed by atoms with van der Waals surface area (Å²) in [5.41, 5.74) is 0.940. The minimum absolute atomic E-state index is 0.175. The lowest BCUT2D eigenvalue weighted by molar-refractivity contribution is -0.137. The van der Waals surface area contributed by atoms with Gasteiger partial charge in [0.1, 0.15) is 18.2 Å². The molecule has 0 spiro atoms. The molecule has 2 aromatic rings. The van der Waals surface area contributed by atoms with Crippen LogP contribution in [-0.4, -0.2) is 64.7 Å². The fourth-order valence-electron chi connectivity index (χ4n) is 4.66. The molecule has 0 bridgehead atoms. The van der Waals surface area contributed by atoms with Gasteiger partial charge in [-0.1, -0.05) is 18.2 Å².